The summed E-state index contributed by atoms with van der Waals surface area (Å²) in [6.07, 6.45) is -0.316. The number of ether oxygens (including phenoxy) is 2. The molecule has 19 heavy (non-hydrogen) atoms. The summed E-state index contributed by atoms with van der Waals surface area (Å²) >= 11 is 0. The van der Waals surface area contributed by atoms with Gasteiger partial charge in [0.2, 0.25) is 0 Å². The fourth-order valence-corrected chi connectivity index (χ4v) is 2.28. The van der Waals surface area contributed by atoms with Crippen molar-refractivity contribution in [2.75, 3.05) is 13.2 Å². The van der Waals surface area contributed by atoms with E-state index < -0.39 is 35.2 Å². The predicted molar refractivity (Wildman–Crippen MR) is 65.1 cm³/mol. The summed E-state index contributed by atoms with van der Waals surface area (Å²) in [5.74, 6) is -3.51. The third-order valence-electron chi connectivity index (χ3n) is 3.29. The molecule has 0 aromatic carbocycles. The first-order valence-corrected chi connectivity index (χ1v) is 6.41. The van der Waals surface area contributed by atoms with Crippen LogP contribution >= 0.6 is 0 Å². The highest BCUT2D eigenvalue weighted by Gasteiger charge is 2.50. The Morgan fingerprint density at radius 2 is 1.79 bits per heavy atom. The molecule has 3 atom stereocenters. The monoisotopic (exact) mass is 272 g/mol. The standard InChI is InChI=1S/C13H20O6/c1-4-18-11(15)8-6-9(12(16)19-5-2)13(3,17)7-10(8)14/h8-9,17H,4-7H2,1-3H3/t8-,9-,13-/m1/s1. The van der Waals surface area contributed by atoms with Gasteiger partial charge in [-0.2, -0.15) is 0 Å². The lowest BCUT2D eigenvalue weighted by molar-refractivity contribution is -0.169. The summed E-state index contributed by atoms with van der Waals surface area (Å²) in [6, 6.07) is 0. The number of carbonyl (C=O) groups excluding carboxylic acids is 3. The highest BCUT2D eigenvalue weighted by atomic mass is 16.5. The van der Waals surface area contributed by atoms with Gasteiger partial charge >= 0.3 is 11.9 Å². The van der Waals surface area contributed by atoms with Gasteiger partial charge in [0, 0.05) is 6.42 Å². The molecule has 0 spiro atoms. The van der Waals surface area contributed by atoms with E-state index in [4.69, 9.17) is 9.47 Å². The van der Waals surface area contributed by atoms with E-state index in [9.17, 15) is 19.5 Å². The van der Waals surface area contributed by atoms with Crippen LogP contribution in [-0.4, -0.2) is 41.6 Å². The zero-order valence-corrected chi connectivity index (χ0v) is 11.5. The van der Waals surface area contributed by atoms with Crippen LogP contribution in [0.15, 0.2) is 0 Å². The van der Waals surface area contributed by atoms with Crippen molar-refractivity contribution in [2.45, 2.75) is 39.2 Å². The van der Waals surface area contributed by atoms with Crippen LogP contribution in [-0.2, 0) is 23.9 Å². The van der Waals surface area contributed by atoms with Crippen LogP contribution in [0.25, 0.3) is 0 Å². The Balaban J connectivity index is 2.88. The first-order valence-electron chi connectivity index (χ1n) is 6.41. The van der Waals surface area contributed by atoms with Gasteiger partial charge < -0.3 is 14.6 Å². The molecule has 1 fully saturated rings. The van der Waals surface area contributed by atoms with Crippen molar-refractivity contribution < 1.29 is 29.0 Å². The van der Waals surface area contributed by atoms with E-state index in [1.165, 1.54) is 6.92 Å². The molecule has 0 saturated heterocycles. The van der Waals surface area contributed by atoms with E-state index in [2.05, 4.69) is 0 Å². The molecule has 0 heterocycles. The molecule has 0 bridgehead atoms. The molecule has 0 amide bonds. The SMILES string of the molecule is CCOC(=O)[C@@H]1C[C@H](C(=O)OCC)[C@](C)(O)CC1=O. The van der Waals surface area contributed by atoms with Gasteiger partial charge in [0.1, 0.15) is 11.7 Å². The number of carbonyl (C=O) groups is 3. The minimum atomic E-state index is -1.48. The molecular weight excluding hydrogens is 252 g/mol. The lowest BCUT2D eigenvalue weighted by Gasteiger charge is -2.37. The second-order valence-electron chi connectivity index (χ2n) is 4.85. The number of rotatable bonds is 4. The number of Topliss-reactive ketones (excluding diaryl/α,β-unsaturated/α-hetero) is 1. The van der Waals surface area contributed by atoms with Crippen LogP contribution < -0.4 is 0 Å². The van der Waals surface area contributed by atoms with Crippen molar-refractivity contribution in [3.05, 3.63) is 0 Å². The second kappa shape index (κ2) is 6.14. The number of ketones is 1. The molecule has 1 rings (SSSR count). The van der Waals surface area contributed by atoms with Gasteiger partial charge in [-0.3, -0.25) is 14.4 Å². The van der Waals surface area contributed by atoms with Crippen molar-refractivity contribution in [3.8, 4) is 0 Å². The third kappa shape index (κ3) is 3.53. The highest BCUT2D eigenvalue weighted by molar-refractivity contribution is 6.01. The minimum absolute atomic E-state index is 0.0660. The van der Waals surface area contributed by atoms with Crippen LogP contribution in [0.1, 0.15) is 33.6 Å². The Morgan fingerprint density at radius 3 is 2.32 bits per heavy atom. The van der Waals surface area contributed by atoms with Crippen LogP contribution in [0.5, 0.6) is 0 Å². The highest BCUT2D eigenvalue weighted by Crippen LogP contribution is 2.36. The van der Waals surface area contributed by atoms with Crippen molar-refractivity contribution in [2.24, 2.45) is 11.8 Å². The molecule has 1 aliphatic carbocycles. The van der Waals surface area contributed by atoms with Gasteiger partial charge in [-0.1, -0.05) is 0 Å². The molecular formula is C13H20O6. The summed E-state index contributed by atoms with van der Waals surface area (Å²) in [4.78, 5) is 35.3. The van der Waals surface area contributed by atoms with Gasteiger partial charge in [-0.25, -0.2) is 0 Å². The molecule has 0 aromatic heterocycles. The number of aliphatic hydroxyl groups is 1. The molecule has 0 radical (unpaired) electrons. The molecule has 1 aliphatic rings. The van der Waals surface area contributed by atoms with E-state index in [-0.39, 0.29) is 26.1 Å². The summed E-state index contributed by atoms with van der Waals surface area (Å²) < 4.78 is 9.69. The maximum Gasteiger partial charge on any atom is 0.316 e. The average molecular weight is 272 g/mol. The van der Waals surface area contributed by atoms with E-state index in [0.717, 1.165) is 0 Å². The van der Waals surface area contributed by atoms with Crippen LogP contribution in [0, 0.1) is 11.8 Å². The van der Waals surface area contributed by atoms with Gasteiger partial charge in [0.25, 0.3) is 0 Å². The van der Waals surface area contributed by atoms with Gasteiger partial charge in [0.15, 0.2) is 0 Å². The molecule has 1 saturated carbocycles. The van der Waals surface area contributed by atoms with Crippen LogP contribution in [0.2, 0.25) is 0 Å². The van der Waals surface area contributed by atoms with E-state index in [1.54, 1.807) is 13.8 Å². The smallest absolute Gasteiger partial charge is 0.316 e. The summed E-state index contributed by atoms with van der Waals surface area (Å²) in [7, 11) is 0. The summed E-state index contributed by atoms with van der Waals surface area (Å²) in [6.45, 7) is 5.06. The van der Waals surface area contributed by atoms with E-state index in [1.807, 2.05) is 0 Å². The molecule has 1 N–H and O–H groups in total. The van der Waals surface area contributed by atoms with Gasteiger partial charge in [-0.05, 0) is 27.2 Å². The average Bonchev–Trinajstić information content (AvgIpc) is 2.28. The van der Waals surface area contributed by atoms with Crippen LogP contribution in [0.3, 0.4) is 0 Å². The Morgan fingerprint density at radius 1 is 1.26 bits per heavy atom. The van der Waals surface area contributed by atoms with Crippen molar-refractivity contribution in [3.63, 3.8) is 0 Å². The molecule has 0 unspecified atom stereocenters. The fraction of sp³-hybridized carbons (Fsp3) is 0.769. The molecule has 0 aromatic rings. The Hall–Kier alpha value is -1.43. The second-order valence-corrected chi connectivity index (χ2v) is 4.85. The predicted octanol–water partition coefficient (Wildman–Crippen LogP) is 0.459. The summed E-state index contributed by atoms with van der Waals surface area (Å²) in [5.41, 5.74) is -1.48. The lowest BCUT2D eigenvalue weighted by Crippen LogP contribution is -2.50. The minimum Gasteiger partial charge on any atom is -0.466 e. The third-order valence-corrected chi connectivity index (χ3v) is 3.29. The fourth-order valence-electron chi connectivity index (χ4n) is 2.28. The quantitative estimate of drug-likeness (QED) is 0.590. The van der Waals surface area contributed by atoms with Crippen LogP contribution in [0.4, 0.5) is 0 Å². The lowest BCUT2D eigenvalue weighted by atomic mass is 9.71. The normalized spacial score (nSPS) is 30.8. The van der Waals surface area contributed by atoms with Crippen molar-refractivity contribution >= 4 is 17.7 Å². The Kier molecular flexibility index (Phi) is 5.05. The Labute approximate surface area is 112 Å². The molecule has 6 heteroatoms. The maximum atomic E-state index is 11.8. The first-order chi connectivity index (χ1) is 8.83. The zero-order chi connectivity index (χ0) is 14.6. The number of esters is 2. The molecule has 108 valence electrons. The van der Waals surface area contributed by atoms with Crippen molar-refractivity contribution in [1.29, 1.82) is 0 Å². The van der Waals surface area contributed by atoms with E-state index in [0.29, 0.717) is 0 Å². The van der Waals surface area contributed by atoms with Gasteiger partial charge in [0.05, 0.1) is 24.7 Å². The largest absolute Gasteiger partial charge is 0.466 e. The summed E-state index contributed by atoms with van der Waals surface area (Å²) in [5, 5.41) is 10.2. The van der Waals surface area contributed by atoms with Gasteiger partial charge in [-0.15, -0.1) is 0 Å². The number of hydrogen-bond acceptors (Lipinski definition) is 6. The maximum absolute atomic E-state index is 11.8. The molecule has 6 nitrogen and oxygen atoms in total. The Bertz CT molecular complexity index is 373. The molecule has 0 aliphatic heterocycles. The van der Waals surface area contributed by atoms with Crippen molar-refractivity contribution in [1.82, 2.24) is 0 Å². The van der Waals surface area contributed by atoms with E-state index >= 15 is 0 Å². The number of hydrogen-bond donors (Lipinski definition) is 1. The first kappa shape index (κ1) is 15.6. The zero-order valence-electron chi connectivity index (χ0n) is 11.5. The topological polar surface area (TPSA) is 89.9 Å².